The summed E-state index contributed by atoms with van der Waals surface area (Å²) in [6, 6.07) is 5.51. The second-order valence-corrected chi connectivity index (χ2v) is 6.89. The second kappa shape index (κ2) is 6.75. The molecule has 1 N–H and O–H groups in total. The maximum atomic E-state index is 12.4. The lowest BCUT2D eigenvalue weighted by molar-refractivity contribution is 0.0962. The van der Waals surface area contributed by atoms with Crippen LogP contribution in [-0.2, 0) is 4.74 Å². The quantitative estimate of drug-likeness (QED) is 0.915. The first-order chi connectivity index (χ1) is 12.0. The van der Waals surface area contributed by atoms with Gasteiger partial charge in [0, 0.05) is 18.2 Å². The fourth-order valence-corrected chi connectivity index (χ4v) is 3.26. The van der Waals surface area contributed by atoms with Gasteiger partial charge in [0.25, 0.3) is 5.91 Å². The van der Waals surface area contributed by atoms with E-state index in [9.17, 15) is 4.79 Å². The van der Waals surface area contributed by atoms with E-state index in [0.717, 1.165) is 23.1 Å². The molecule has 0 fully saturated rings. The average molecular weight is 340 g/mol. The highest BCUT2D eigenvalue weighted by atomic mass is 16.5. The molecule has 5 heteroatoms. The maximum absolute atomic E-state index is 12.4. The van der Waals surface area contributed by atoms with Crippen LogP contribution in [0.3, 0.4) is 0 Å². The van der Waals surface area contributed by atoms with E-state index in [0.29, 0.717) is 30.4 Å². The van der Waals surface area contributed by atoms with Crippen LogP contribution in [0, 0.1) is 5.41 Å². The van der Waals surface area contributed by atoms with E-state index < -0.39 is 0 Å². The molecule has 0 spiro atoms. The first-order valence-electron chi connectivity index (χ1n) is 8.46. The zero-order valence-electron chi connectivity index (χ0n) is 15.2. The van der Waals surface area contributed by atoms with Gasteiger partial charge in [0.1, 0.15) is 12.4 Å². The molecule has 1 aromatic carbocycles. The van der Waals surface area contributed by atoms with E-state index in [4.69, 9.17) is 9.47 Å². The summed E-state index contributed by atoms with van der Waals surface area (Å²) >= 11 is 0. The summed E-state index contributed by atoms with van der Waals surface area (Å²) in [6.07, 6.45) is 5.03. The van der Waals surface area contributed by atoms with Gasteiger partial charge < -0.3 is 14.8 Å². The number of rotatable bonds is 4. The van der Waals surface area contributed by atoms with Crippen molar-refractivity contribution in [3.8, 4) is 5.75 Å². The SMILES string of the molecule is CNC(=O)c1cccc(OC)c1C1=C(C2=NCCO2)CC(C)(C)C=C1. The number of ether oxygens (including phenoxy) is 2. The van der Waals surface area contributed by atoms with Gasteiger partial charge in [0.2, 0.25) is 5.90 Å². The molecule has 1 amide bonds. The Hall–Kier alpha value is -2.56. The van der Waals surface area contributed by atoms with Crippen LogP contribution in [0.15, 0.2) is 40.9 Å². The number of benzene rings is 1. The van der Waals surface area contributed by atoms with Crippen LogP contribution in [0.5, 0.6) is 5.75 Å². The van der Waals surface area contributed by atoms with Crippen LogP contribution in [0.1, 0.15) is 36.2 Å². The molecule has 1 aliphatic heterocycles. The minimum Gasteiger partial charge on any atom is -0.496 e. The molecule has 0 radical (unpaired) electrons. The normalized spacial score (nSPS) is 18.6. The number of nitrogens with one attached hydrogen (secondary N) is 1. The van der Waals surface area contributed by atoms with Crippen molar-refractivity contribution in [2.24, 2.45) is 10.4 Å². The number of methoxy groups -OCH3 is 1. The number of carbonyl (C=O) groups is 1. The number of allylic oxidation sites excluding steroid dienone is 3. The fraction of sp³-hybridized carbons (Fsp3) is 0.400. The molecule has 2 aliphatic rings. The molecule has 25 heavy (non-hydrogen) atoms. The zero-order chi connectivity index (χ0) is 18.0. The minimum absolute atomic E-state index is 0.00248. The van der Waals surface area contributed by atoms with Crippen LogP contribution >= 0.6 is 0 Å². The van der Waals surface area contributed by atoms with Crippen molar-refractivity contribution in [1.82, 2.24) is 5.32 Å². The molecule has 132 valence electrons. The van der Waals surface area contributed by atoms with Crippen molar-refractivity contribution in [3.05, 3.63) is 47.1 Å². The average Bonchev–Trinajstić information content (AvgIpc) is 3.14. The van der Waals surface area contributed by atoms with Crippen LogP contribution < -0.4 is 10.1 Å². The first-order valence-corrected chi connectivity index (χ1v) is 8.46. The van der Waals surface area contributed by atoms with Gasteiger partial charge in [0.05, 0.1) is 19.2 Å². The molecule has 1 heterocycles. The molecule has 0 saturated carbocycles. The summed E-state index contributed by atoms with van der Waals surface area (Å²) in [5.74, 6) is 1.20. The predicted octanol–water partition coefficient (Wildman–Crippen LogP) is 3.22. The molecular formula is C20H24N2O3. The molecule has 0 bridgehead atoms. The zero-order valence-corrected chi connectivity index (χ0v) is 15.2. The third-order valence-corrected chi connectivity index (χ3v) is 4.49. The molecule has 0 saturated heterocycles. The number of nitrogens with zero attached hydrogens (tertiary/aromatic N) is 1. The van der Waals surface area contributed by atoms with Crippen molar-refractivity contribution >= 4 is 17.4 Å². The molecule has 0 unspecified atom stereocenters. The van der Waals surface area contributed by atoms with Gasteiger partial charge in [-0.15, -0.1) is 0 Å². The van der Waals surface area contributed by atoms with Gasteiger partial charge in [-0.3, -0.25) is 4.79 Å². The Morgan fingerprint density at radius 1 is 1.36 bits per heavy atom. The standard InChI is InChI=1S/C20H24N2O3/c1-20(2)9-8-13(15(12-20)19-22-10-11-25-19)17-14(18(23)21-3)6-5-7-16(17)24-4/h5-9H,10-12H2,1-4H3,(H,21,23). The summed E-state index contributed by atoms with van der Waals surface area (Å²) in [7, 11) is 3.25. The number of hydrogen-bond donors (Lipinski definition) is 1. The molecule has 0 atom stereocenters. The third kappa shape index (κ3) is 3.31. The lowest BCUT2D eigenvalue weighted by Crippen LogP contribution is -2.22. The summed E-state index contributed by atoms with van der Waals surface area (Å²) in [4.78, 5) is 16.9. The predicted molar refractivity (Wildman–Crippen MR) is 99.1 cm³/mol. The fourth-order valence-electron chi connectivity index (χ4n) is 3.26. The Bertz CT molecular complexity index is 788. The van der Waals surface area contributed by atoms with Gasteiger partial charge in [-0.1, -0.05) is 32.1 Å². The number of hydrogen-bond acceptors (Lipinski definition) is 4. The van der Waals surface area contributed by atoms with E-state index in [2.05, 4.69) is 36.3 Å². The molecule has 3 rings (SSSR count). The summed E-state index contributed by atoms with van der Waals surface area (Å²) in [6.45, 7) is 5.63. The highest BCUT2D eigenvalue weighted by molar-refractivity contribution is 6.09. The number of amides is 1. The molecule has 1 aliphatic carbocycles. The Balaban J connectivity index is 2.25. The highest BCUT2D eigenvalue weighted by Crippen LogP contribution is 2.42. The van der Waals surface area contributed by atoms with Crippen molar-refractivity contribution in [2.75, 3.05) is 27.3 Å². The van der Waals surface area contributed by atoms with Gasteiger partial charge in [-0.2, -0.15) is 0 Å². The van der Waals surface area contributed by atoms with E-state index in [1.807, 2.05) is 18.2 Å². The summed E-state index contributed by atoms with van der Waals surface area (Å²) < 4.78 is 11.3. The summed E-state index contributed by atoms with van der Waals surface area (Å²) in [5, 5.41) is 2.71. The number of carbonyl (C=O) groups excluding carboxylic acids is 1. The Morgan fingerprint density at radius 2 is 2.16 bits per heavy atom. The van der Waals surface area contributed by atoms with Crippen molar-refractivity contribution in [1.29, 1.82) is 0 Å². The molecule has 0 aromatic heterocycles. The monoisotopic (exact) mass is 340 g/mol. The number of aliphatic imine (C=N–C) groups is 1. The minimum atomic E-state index is -0.145. The Morgan fingerprint density at radius 3 is 2.80 bits per heavy atom. The largest absolute Gasteiger partial charge is 0.496 e. The van der Waals surface area contributed by atoms with Crippen molar-refractivity contribution in [2.45, 2.75) is 20.3 Å². The van der Waals surface area contributed by atoms with Gasteiger partial charge in [-0.05, 0) is 29.5 Å². The van der Waals surface area contributed by atoms with Gasteiger partial charge in [0.15, 0.2) is 0 Å². The Labute approximate surface area is 148 Å². The van der Waals surface area contributed by atoms with Gasteiger partial charge in [-0.25, -0.2) is 4.99 Å². The second-order valence-electron chi connectivity index (χ2n) is 6.89. The molecule has 5 nitrogen and oxygen atoms in total. The molecular weight excluding hydrogens is 316 g/mol. The lowest BCUT2D eigenvalue weighted by Gasteiger charge is -2.29. The molecule has 1 aromatic rings. The van der Waals surface area contributed by atoms with E-state index in [1.54, 1.807) is 14.2 Å². The van der Waals surface area contributed by atoms with Crippen LogP contribution in [0.2, 0.25) is 0 Å². The van der Waals surface area contributed by atoms with Crippen LogP contribution in [-0.4, -0.2) is 39.1 Å². The van der Waals surface area contributed by atoms with Gasteiger partial charge >= 0.3 is 0 Å². The smallest absolute Gasteiger partial charge is 0.251 e. The highest BCUT2D eigenvalue weighted by Gasteiger charge is 2.31. The van der Waals surface area contributed by atoms with Crippen molar-refractivity contribution < 1.29 is 14.3 Å². The third-order valence-electron chi connectivity index (χ3n) is 4.49. The Kier molecular flexibility index (Phi) is 4.66. The summed E-state index contributed by atoms with van der Waals surface area (Å²) in [5.41, 5.74) is 3.33. The van der Waals surface area contributed by atoms with E-state index >= 15 is 0 Å². The first kappa shape index (κ1) is 17.3. The van der Waals surface area contributed by atoms with Crippen molar-refractivity contribution in [3.63, 3.8) is 0 Å². The maximum Gasteiger partial charge on any atom is 0.251 e. The van der Waals surface area contributed by atoms with E-state index in [1.165, 1.54) is 0 Å². The lowest BCUT2D eigenvalue weighted by atomic mass is 9.77. The van der Waals surface area contributed by atoms with E-state index in [-0.39, 0.29) is 11.3 Å². The van der Waals surface area contributed by atoms with Crippen LogP contribution in [0.25, 0.3) is 5.57 Å². The van der Waals surface area contributed by atoms with Crippen LogP contribution in [0.4, 0.5) is 0 Å². The topological polar surface area (TPSA) is 59.9 Å².